The highest BCUT2D eigenvalue weighted by Crippen LogP contribution is 2.38. The van der Waals surface area contributed by atoms with E-state index in [2.05, 4.69) is 33.0 Å². The summed E-state index contributed by atoms with van der Waals surface area (Å²) in [7, 11) is 0. The summed E-state index contributed by atoms with van der Waals surface area (Å²) in [5.74, 6) is 1.76. The monoisotopic (exact) mass is 486 g/mol. The molecule has 2 aromatic rings. The summed E-state index contributed by atoms with van der Waals surface area (Å²) in [6.45, 7) is 4.50. The summed E-state index contributed by atoms with van der Waals surface area (Å²) in [5, 5.41) is 0. The molecule has 2 aromatic carbocycles. The van der Waals surface area contributed by atoms with Gasteiger partial charge in [0.15, 0.2) is 11.5 Å². The van der Waals surface area contributed by atoms with Gasteiger partial charge in [0, 0.05) is 24.1 Å². The van der Waals surface area contributed by atoms with Crippen molar-refractivity contribution in [3.63, 3.8) is 0 Å². The number of carbonyl (C=O) groups excluding carboxylic acids is 1. The molecule has 3 aliphatic heterocycles. The number of ether oxygens (including phenoxy) is 3. The molecule has 2 atom stereocenters. The van der Waals surface area contributed by atoms with Crippen molar-refractivity contribution in [1.82, 2.24) is 9.80 Å². The minimum absolute atomic E-state index is 0.0238. The van der Waals surface area contributed by atoms with E-state index in [0.717, 1.165) is 59.6 Å². The molecule has 1 amide bonds. The van der Waals surface area contributed by atoms with Gasteiger partial charge in [-0.25, -0.2) is 0 Å². The van der Waals surface area contributed by atoms with Crippen LogP contribution < -0.4 is 9.47 Å². The van der Waals surface area contributed by atoms with Crippen LogP contribution in [0, 0.1) is 0 Å². The van der Waals surface area contributed by atoms with Gasteiger partial charge in [-0.05, 0) is 42.2 Å². The van der Waals surface area contributed by atoms with Crippen LogP contribution in [0.1, 0.15) is 36.1 Å². The maximum Gasteiger partial charge on any atom is 0.237 e. The Bertz CT molecular complexity index is 953. The fourth-order valence-electron chi connectivity index (χ4n) is 4.73. The molecule has 0 aromatic heterocycles. The van der Waals surface area contributed by atoms with Crippen molar-refractivity contribution >= 4 is 21.8 Å². The van der Waals surface area contributed by atoms with Gasteiger partial charge < -0.3 is 19.1 Å². The molecule has 2 saturated heterocycles. The van der Waals surface area contributed by atoms with Crippen LogP contribution in [0.2, 0.25) is 0 Å². The van der Waals surface area contributed by atoms with Crippen LogP contribution in [0.15, 0.2) is 46.9 Å². The number of rotatable bonds is 4. The van der Waals surface area contributed by atoms with E-state index in [-0.39, 0.29) is 18.1 Å². The molecule has 0 bridgehead atoms. The Morgan fingerprint density at radius 3 is 2.74 bits per heavy atom. The van der Waals surface area contributed by atoms with Crippen LogP contribution in [-0.4, -0.2) is 61.7 Å². The SMILES string of the molecule is O=C(CN1CCOC(c2ccccc2Br)C1)N1CCCC1c1ccc2c(c1)OCCO2. The lowest BCUT2D eigenvalue weighted by Gasteiger charge is -2.35. The molecule has 0 radical (unpaired) electrons. The predicted octanol–water partition coefficient (Wildman–Crippen LogP) is 3.96. The summed E-state index contributed by atoms with van der Waals surface area (Å²) >= 11 is 3.62. The number of likely N-dealkylation sites (tertiary alicyclic amines) is 1. The Balaban J connectivity index is 1.26. The molecule has 5 rings (SSSR count). The standard InChI is InChI=1S/C24H27BrN2O4/c25-19-5-2-1-4-18(19)23-15-26(10-11-29-23)16-24(28)27-9-3-6-20(27)17-7-8-21-22(14-17)31-13-12-30-21/h1-2,4-5,7-8,14,20,23H,3,6,9-13,15-16H2. The number of amides is 1. The first kappa shape index (κ1) is 20.8. The highest BCUT2D eigenvalue weighted by Gasteiger charge is 2.33. The molecule has 3 aliphatic rings. The minimum atomic E-state index is -0.0238. The van der Waals surface area contributed by atoms with Crippen molar-refractivity contribution in [2.24, 2.45) is 0 Å². The number of benzene rings is 2. The summed E-state index contributed by atoms with van der Waals surface area (Å²) in [5.41, 5.74) is 2.26. The third-order valence-corrected chi connectivity index (χ3v) is 7.01. The lowest BCUT2D eigenvalue weighted by atomic mass is 10.0. The van der Waals surface area contributed by atoms with Gasteiger partial charge >= 0.3 is 0 Å². The fourth-order valence-corrected chi connectivity index (χ4v) is 5.27. The zero-order chi connectivity index (χ0) is 21.2. The van der Waals surface area contributed by atoms with Crippen molar-refractivity contribution in [2.75, 3.05) is 46.0 Å². The number of carbonyl (C=O) groups is 1. The Morgan fingerprint density at radius 2 is 1.87 bits per heavy atom. The Kier molecular flexibility index (Phi) is 6.16. The first-order chi connectivity index (χ1) is 15.2. The quantitative estimate of drug-likeness (QED) is 0.654. The summed E-state index contributed by atoms with van der Waals surface area (Å²) < 4.78 is 18.4. The van der Waals surface area contributed by atoms with Gasteiger partial charge in [0.1, 0.15) is 13.2 Å². The normalized spacial score (nSPS) is 23.7. The van der Waals surface area contributed by atoms with Gasteiger partial charge in [-0.15, -0.1) is 0 Å². The van der Waals surface area contributed by atoms with E-state index in [1.54, 1.807) is 0 Å². The average Bonchev–Trinajstić information content (AvgIpc) is 3.29. The Hall–Kier alpha value is -2.09. The smallest absolute Gasteiger partial charge is 0.237 e. The number of hydrogen-bond donors (Lipinski definition) is 0. The largest absolute Gasteiger partial charge is 0.486 e. The molecule has 6 nitrogen and oxygen atoms in total. The maximum atomic E-state index is 13.3. The predicted molar refractivity (Wildman–Crippen MR) is 120 cm³/mol. The lowest BCUT2D eigenvalue weighted by Crippen LogP contribution is -2.45. The van der Waals surface area contributed by atoms with E-state index in [0.29, 0.717) is 26.4 Å². The molecule has 2 unspecified atom stereocenters. The molecule has 0 N–H and O–H groups in total. The number of halogens is 1. The average molecular weight is 487 g/mol. The highest BCUT2D eigenvalue weighted by atomic mass is 79.9. The van der Waals surface area contributed by atoms with Gasteiger partial charge in [0.05, 0.1) is 25.3 Å². The minimum Gasteiger partial charge on any atom is -0.486 e. The van der Waals surface area contributed by atoms with Crippen LogP contribution in [0.4, 0.5) is 0 Å². The van der Waals surface area contributed by atoms with Gasteiger partial charge in [-0.1, -0.05) is 40.2 Å². The van der Waals surface area contributed by atoms with Crippen LogP contribution in [0.3, 0.4) is 0 Å². The molecule has 164 valence electrons. The van der Waals surface area contributed by atoms with Crippen LogP contribution in [0.5, 0.6) is 11.5 Å². The van der Waals surface area contributed by atoms with E-state index in [1.165, 1.54) is 0 Å². The van der Waals surface area contributed by atoms with E-state index < -0.39 is 0 Å². The van der Waals surface area contributed by atoms with E-state index in [9.17, 15) is 4.79 Å². The van der Waals surface area contributed by atoms with Gasteiger partial charge in [0.2, 0.25) is 5.91 Å². The molecule has 0 aliphatic carbocycles. The van der Waals surface area contributed by atoms with Crippen molar-refractivity contribution in [3.8, 4) is 11.5 Å². The number of nitrogens with zero attached hydrogens (tertiary/aromatic N) is 2. The van der Waals surface area contributed by atoms with E-state index in [4.69, 9.17) is 14.2 Å². The second kappa shape index (κ2) is 9.18. The van der Waals surface area contributed by atoms with Crippen LogP contribution >= 0.6 is 15.9 Å². The van der Waals surface area contributed by atoms with Crippen LogP contribution in [-0.2, 0) is 9.53 Å². The summed E-state index contributed by atoms with van der Waals surface area (Å²) in [6.07, 6.45) is 1.98. The molecule has 3 heterocycles. The molecule has 31 heavy (non-hydrogen) atoms. The molecule has 0 saturated carbocycles. The topological polar surface area (TPSA) is 51.2 Å². The zero-order valence-corrected chi connectivity index (χ0v) is 19.1. The zero-order valence-electron chi connectivity index (χ0n) is 17.5. The van der Waals surface area contributed by atoms with Gasteiger partial charge in [-0.2, -0.15) is 0 Å². The first-order valence-corrected chi connectivity index (χ1v) is 11.8. The fraction of sp³-hybridized carbons (Fsp3) is 0.458. The van der Waals surface area contributed by atoms with E-state index >= 15 is 0 Å². The highest BCUT2D eigenvalue weighted by molar-refractivity contribution is 9.10. The lowest BCUT2D eigenvalue weighted by molar-refractivity contribution is -0.135. The van der Waals surface area contributed by atoms with Crippen molar-refractivity contribution in [3.05, 3.63) is 58.1 Å². The number of morpholine rings is 1. The maximum absolute atomic E-state index is 13.3. The summed E-state index contributed by atoms with van der Waals surface area (Å²) in [4.78, 5) is 17.5. The van der Waals surface area contributed by atoms with Gasteiger partial charge in [-0.3, -0.25) is 9.69 Å². The van der Waals surface area contributed by atoms with Crippen LogP contribution in [0.25, 0.3) is 0 Å². The number of hydrogen-bond acceptors (Lipinski definition) is 5. The van der Waals surface area contributed by atoms with Gasteiger partial charge in [0.25, 0.3) is 0 Å². The third kappa shape index (κ3) is 4.45. The second-order valence-electron chi connectivity index (χ2n) is 8.26. The Morgan fingerprint density at radius 1 is 1.03 bits per heavy atom. The molecule has 0 spiro atoms. The van der Waals surface area contributed by atoms with Crippen molar-refractivity contribution < 1.29 is 19.0 Å². The molecular weight excluding hydrogens is 460 g/mol. The van der Waals surface area contributed by atoms with Crippen molar-refractivity contribution in [2.45, 2.75) is 25.0 Å². The van der Waals surface area contributed by atoms with Crippen molar-refractivity contribution in [1.29, 1.82) is 0 Å². The second-order valence-corrected chi connectivity index (χ2v) is 9.12. The molecule has 7 heteroatoms. The third-order valence-electron chi connectivity index (χ3n) is 6.29. The summed E-state index contributed by atoms with van der Waals surface area (Å²) in [6, 6.07) is 14.3. The molecule has 2 fully saturated rings. The van der Waals surface area contributed by atoms with E-state index in [1.807, 2.05) is 35.2 Å². The first-order valence-electron chi connectivity index (χ1n) is 11.0. The Labute approximate surface area is 191 Å². The molecular formula is C24H27BrN2O4. The number of fused-ring (bicyclic) bond motifs is 1.